The third kappa shape index (κ3) is 3.44. The SMILES string of the molecule is CCOC(Cn1ncc(C(=O)OC)c1N)OCC. The summed E-state index contributed by atoms with van der Waals surface area (Å²) in [6.45, 7) is 5.12. The minimum Gasteiger partial charge on any atom is -0.465 e. The van der Waals surface area contributed by atoms with Gasteiger partial charge >= 0.3 is 5.97 Å². The second-order valence-corrected chi connectivity index (χ2v) is 3.46. The molecule has 0 amide bonds. The number of hydrogen-bond acceptors (Lipinski definition) is 6. The highest BCUT2D eigenvalue weighted by Crippen LogP contribution is 2.13. The van der Waals surface area contributed by atoms with Crippen molar-refractivity contribution < 1.29 is 19.0 Å². The van der Waals surface area contributed by atoms with Crippen molar-refractivity contribution in [2.45, 2.75) is 26.7 Å². The minimum absolute atomic E-state index is 0.240. The van der Waals surface area contributed by atoms with Crippen LogP contribution in [0.5, 0.6) is 0 Å². The van der Waals surface area contributed by atoms with Crippen LogP contribution in [0.2, 0.25) is 0 Å². The number of aromatic nitrogens is 2. The summed E-state index contributed by atoms with van der Waals surface area (Å²) in [6, 6.07) is 0. The first-order chi connectivity index (χ1) is 8.63. The van der Waals surface area contributed by atoms with Crippen LogP contribution in [0, 0.1) is 0 Å². The molecule has 0 atom stereocenters. The Bertz CT molecular complexity index is 386. The molecule has 0 radical (unpaired) electrons. The van der Waals surface area contributed by atoms with Crippen LogP contribution in [-0.4, -0.2) is 42.4 Å². The maximum Gasteiger partial charge on any atom is 0.343 e. The van der Waals surface area contributed by atoms with Crippen LogP contribution in [0.15, 0.2) is 6.20 Å². The summed E-state index contributed by atoms with van der Waals surface area (Å²) in [4.78, 5) is 11.4. The fourth-order valence-electron chi connectivity index (χ4n) is 1.47. The molecular formula is C11H19N3O4. The molecule has 0 aliphatic carbocycles. The van der Waals surface area contributed by atoms with E-state index in [0.29, 0.717) is 19.8 Å². The predicted octanol–water partition coefficient (Wildman–Crippen LogP) is 0.651. The largest absolute Gasteiger partial charge is 0.465 e. The molecular weight excluding hydrogens is 238 g/mol. The zero-order valence-corrected chi connectivity index (χ0v) is 10.9. The lowest BCUT2D eigenvalue weighted by Gasteiger charge is -2.17. The Morgan fingerprint density at radius 3 is 2.56 bits per heavy atom. The van der Waals surface area contributed by atoms with Crippen LogP contribution in [0.3, 0.4) is 0 Å². The summed E-state index contributed by atoms with van der Waals surface area (Å²) in [5.41, 5.74) is 6.05. The lowest BCUT2D eigenvalue weighted by atomic mass is 10.3. The van der Waals surface area contributed by atoms with Crippen LogP contribution in [0.4, 0.5) is 5.82 Å². The van der Waals surface area contributed by atoms with E-state index in [-0.39, 0.29) is 11.4 Å². The van der Waals surface area contributed by atoms with E-state index in [2.05, 4.69) is 9.84 Å². The van der Waals surface area contributed by atoms with Crippen molar-refractivity contribution in [3.05, 3.63) is 11.8 Å². The number of ether oxygens (including phenoxy) is 3. The van der Waals surface area contributed by atoms with Crippen molar-refractivity contribution in [3.8, 4) is 0 Å². The summed E-state index contributed by atoms with van der Waals surface area (Å²) in [7, 11) is 1.29. The molecule has 1 aromatic rings. The number of carbonyl (C=O) groups is 1. The van der Waals surface area contributed by atoms with Gasteiger partial charge < -0.3 is 19.9 Å². The average molecular weight is 257 g/mol. The molecule has 1 heterocycles. The Hall–Kier alpha value is -1.60. The summed E-state index contributed by atoms with van der Waals surface area (Å²) in [5.74, 6) is -0.269. The van der Waals surface area contributed by atoms with Crippen LogP contribution in [0.1, 0.15) is 24.2 Å². The number of hydrogen-bond donors (Lipinski definition) is 1. The van der Waals surface area contributed by atoms with Crippen molar-refractivity contribution >= 4 is 11.8 Å². The third-order valence-electron chi connectivity index (χ3n) is 2.31. The van der Waals surface area contributed by atoms with Gasteiger partial charge in [-0.25, -0.2) is 9.48 Å². The number of nitrogen functional groups attached to an aromatic ring is 1. The van der Waals surface area contributed by atoms with E-state index in [0.717, 1.165) is 0 Å². The number of nitrogens with two attached hydrogens (primary N) is 1. The molecule has 0 bridgehead atoms. The van der Waals surface area contributed by atoms with E-state index in [1.807, 2.05) is 13.8 Å². The number of anilines is 1. The smallest absolute Gasteiger partial charge is 0.343 e. The highest BCUT2D eigenvalue weighted by atomic mass is 16.7. The zero-order chi connectivity index (χ0) is 13.5. The summed E-state index contributed by atoms with van der Waals surface area (Å²) >= 11 is 0. The maximum atomic E-state index is 11.4. The van der Waals surface area contributed by atoms with Crippen LogP contribution < -0.4 is 5.73 Å². The van der Waals surface area contributed by atoms with Gasteiger partial charge in [0.05, 0.1) is 19.9 Å². The molecule has 0 spiro atoms. The van der Waals surface area contributed by atoms with Gasteiger partial charge in [0.15, 0.2) is 6.29 Å². The number of methoxy groups -OCH3 is 1. The first-order valence-electron chi connectivity index (χ1n) is 5.76. The van der Waals surface area contributed by atoms with Crippen molar-refractivity contribution in [1.29, 1.82) is 0 Å². The van der Waals surface area contributed by atoms with E-state index in [1.54, 1.807) is 0 Å². The molecule has 0 aromatic carbocycles. The van der Waals surface area contributed by atoms with Gasteiger partial charge in [0.1, 0.15) is 11.4 Å². The lowest BCUT2D eigenvalue weighted by Crippen LogP contribution is -2.25. The molecule has 0 unspecified atom stereocenters. The Balaban J connectivity index is 2.77. The van der Waals surface area contributed by atoms with Crippen LogP contribution >= 0.6 is 0 Å². The average Bonchev–Trinajstić information content (AvgIpc) is 2.71. The van der Waals surface area contributed by atoms with E-state index in [4.69, 9.17) is 15.2 Å². The zero-order valence-electron chi connectivity index (χ0n) is 10.9. The molecule has 1 aromatic heterocycles. The van der Waals surface area contributed by atoms with Gasteiger partial charge in [0.2, 0.25) is 0 Å². The number of esters is 1. The van der Waals surface area contributed by atoms with E-state index in [1.165, 1.54) is 18.0 Å². The van der Waals surface area contributed by atoms with Gasteiger partial charge in [-0.05, 0) is 13.8 Å². The topological polar surface area (TPSA) is 88.6 Å². The first-order valence-corrected chi connectivity index (χ1v) is 5.76. The van der Waals surface area contributed by atoms with E-state index in [9.17, 15) is 4.79 Å². The van der Waals surface area contributed by atoms with Crippen molar-refractivity contribution in [3.63, 3.8) is 0 Å². The molecule has 1 rings (SSSR count). The summed E-state index contributed by atoms with van der Waals surface area (Å²) in [5, 5.41) is 4.02. The molecule has 0 saturated carbocycles. The molecule has 102 valence electrons. The van der Waals surface area contributed by atoms with Gasteiger partial charge in [-0.2, -0.15) is 5.10 Å². The third-order valence-corrected chi connectivity index (χ3v) is 2.31. The highest BCUT2D eigenvalue weighted by Gasteiger charge is 2.18. The van der Waals surface area contributed by atoms with Crippen molar-refractivity contribution in [2.24, 2.45) is 0 Å². The standard InChI is InChI=1S/C11H19N3O4/c1-4-17-9(18-5-2)7-14-10(12)8(6-13-14)11(15)16-3/h6,9H,4-5,7,12H2,1-3H3. The van der Waals surface area contributed by atoms with E-state index < -0.39 is 12.3 Å². The molecule has 0 saturated heterocycles. The van der Waals surface area contributed by atoms with Crippen LogP contribution in [-0.2, 0) is 20.8 Å². The fourth-order valence-corrected chi connectivity index (χ4v) is 1.47. The van der Waals surface area contributed by atoms with Gasteiger partial charge in [0, 0.05) is 13.2 Å². The minimum atomic E-state index is -0.511. The fraction of sp³-hybridized carbons (Fsp3) is 0.636. The van der Waals surface area contributed by atoms with Gasteiger partial charge in [-0.3, -0.25) is 0 Å². The predicted molar refractivity (Wildman–Crippen MR) is 65.0 cm³/mol. The second-order valence-electron chi connectivity index (χ2n) is 3.46. The van der Waals surface area contributed by atoms with Gasteiger partial charge in [-0.15, -0.1) is 0 Å². The number of carbonyl (C=O) groups excluding carboxylic acids is 1. The lowest BCUT2D eigenvalue weighted by molar-refractivity contribution is -0.144. The van der Waals surface area contributed by atoms with Crippen LogP contribution in [0.25, 0.3) is 0 Å². The molecule has 2 N–H and O–H groups in total. The van der Waals surface area contributed by atoms with E-state index >= 15 is 0 Å². The monoisotopic (exact) mass is 257 g/mol. The molecule has 0 aliphatic heterocycles. The molecule has 7 nitrogen and oxygen atoms in total. The van der Waals surface area contributed by atoms with Gasteiger partial charge in [0.25, 0.3) is 0 Å². The quantitative estimate of drug-likeness (QED) is 0.570. The molecule has 7 heteroatoms. The Kier molecular flexibility index (Phi) is 5.60. The Morgan fingerprint density at radius 1 is 1.44 bits per heavy atom. The molecule has 0 aliphatic rings. The molecule has 0 fully saturated rings. The van der Waals surface area contributed by atoms with Crippen molar-refractivity contribution in [1.82, 2.24) is 9.78 Å². The maximum absolute atomic E-state index is 11.4. The number of rotatable bonds is 7. The normalized spacial score (nSPS) is 10.9. The summed E-state index contributed by atoms with van der Waals surface area (Å²) in [6.07, 6.45) is 0.934. The van der Waals surface area contributed by atoms with Gasteiger partial charge in [-0.1, -0.05) is 0 Å². The Labute approximate surface area is 106 Å². The second kappa shape index (κ2) is 6.97. The summed E-state index contributed by atoms with van der Waals surface area (Å²) < 4.78 is 16.8. The number of nitrogens with zero attached hydrogens (tertiary/aromatic N) is 2. The highest BCUT2D eigenvalue weighted by molar-refractivity contribution is 5.93. The first kappa shape index (κ1) is 14.5. The van der Waals surface area contributed by atoms with Crippen molar-refractivity contribution in [2.75, 3.05) is 26.1 Å². The molecule has 18 heavy (non-hydrogen) atoms. The Morgan fingerprint density at radius 2 is 2.06 bits per heavy atom.